The molecule has 1 fully saturated rings. The molecule has 0 N–H and O–H groups in total. The lowest BCUT2D eigenvalue weighted by molar-refractivity contribution is 0.364. The van der Waals surface area contributed by atoms with E-state index in [1.807, 2.05) is 17.2 Å². The van der Waals surface area contributed by atoms with Gasteiger partial charge in [-0.15, -0.1) is 0 Å². The maximum atomic E-state index is 13.4. The Morgan fingerprint density at radius 2 is 2.10 bits per heavy atom. The SMILES string of the molecule is CC(C)c1cnc(N2CCC(F)C2)c2cnc(Cl)cc12. The van der Waals surface area contributed by atoms with Crippen molar-refractivity contribution in [1.29, 1.82) is 0 Å². The predicted octanol–water partition coefficient (Wildman–Crippen LogP) is 3.95. The van der Waals surface area contributed by atoms with Crippen LogP contribution in [0, 0.1) is 0 Å². The van der Waals surface area contributed by atoms with E-state index in [0.717, 1.165) is 22.2 Å². The second kappa shape index (κ2) is 5.17. The van der Waals surface area contributed by atoms with Crippen molar-refractivity contribution >= 4 is 28.2 Å². The highest BCUT2D eigenvalue weighted by Gasteiger charge is 2.25. The number of alkyl halides is 1. The van der Waals surface area contributed by atoms with Gasteiger partial charge in [-0.25, -0.2) is 14.4 Å². The molecule has 5 heteroatoms. The van der Waals surface area contributed by atoms with Crippen LogP contribution in [0.25, 0.3) is 10.8 Å². The molecular formula is C15H17ClFN3. The molecule has 1 unspecified atom stereocenters. The van der Waals surface area contributed by atoms with Crippen LogP contribution >= 0.6 is 11.6 Å². The summed E-state index contributed by atoms with van der Waals surface area (Å²) in [6.45, 7) is 5.36. The van der Waals surface area contributed by atoms with Gasteiger partial charge in [0.05, 0.1) is 6.54 Å². The van der Waals surface area contributed by atoms with E-state index in [0.29, 0.717) is 30.6 Å². The number of pyridine rings is 2. The predicted molar refractivity (Wildman–Crippen MR) is 80.4 cm³/mol. The maximum absolute atomic E-state index is 13.4. The number of fused-ring (bicyclic) bond motifs is 1. The molecule has 1 atom stereocenters. The van der Waals surface area contributed by atoms with Crippen molar-refractivity contribution < 1.29 is 4.39 Å². The maximum Gasteiger partial charge on any atom is 0.138 e. The first-order valence-corrected chi connectivity index (χ1v) is 7.27. The van der Waals surface area contributed by atoms with Crippen molar-refractivity contribution in [2.75, 3.05) is 18.0 Å². The van der Waals surface area contributed by atoms with Crippen LogP contribution in [0.5, 0.6) is 0 Å². The summed E-state index contributed by atoms with van der Waals surface area (Å²) in [6, 6.07) is 1.88. The number of anilines is 1. The fourth-order valence-corrected chi connectivity index (χ4v) is 2.90. The van der Waals surface area contributed by atoms with Crippen LogP contribution in [-0.4, -0.2) is 29.2 Å². The Bertz CT molecular complexity index is 644. The Hall–Kier alpha value is -1.42. The number of halogens is 2. The molecule has 20 heavy (non-hydrogen) atoms. The second-order valence-electron chi connectivity index (χ2n) is 5.58. The summed E-state index contributed by atoms with van der Waals surface area (Å²) < 4.78 is 13.4. The molecule has 3 heterocycles. The molecule has 1 aliphatic rings. The van der Waals surface area contributed by atoms with Gasteiger partial charge in [-0.05, 0) is 29.4 Å². The van der Waals surface area contributed by atoms with E-state index in [-0.39, 0.29) is 0 Å². The van der Waals surface area contributed by atoms with Crippen LogP contribution in [0.2, 0.25) is 5.15 Å². The van der Waals surface area contributed by atoms with E-state index >= 15 is 0 Å². The fourth-order valence-electron chi connectivity index (χ4n) is 2.74. The summed E-state index contributed by atoms with van der Waals surface area (Å²) in [5, 5.41) is 2.49. The first kappa shape index (κ1) is 13.6. The zero-order chi connectivity index (χ0) is 14.3. The highest BCUT2D eigenvalue weighted by Crippen LogP contribution is 2.33. The molecule has 3 rings (SSSR count). The fraction of sp³-hybridized carbons (Fsp3) is 0.467. The van der Waals surface area contributed by atoms with Gasteiger partial charge in [-0.2, -0.15) is 0 Å². The normalized spacial score (nSPS) is 19.2. The molecule has 1 saturated heterocycles. The molecule has 0 spiro atoms. The summed E-state index contributed by atoms with van der Waals surface area (Å²) in [7, 11) is 0. The lowest BCUT2D eigenvalue weighted by Gasteiger charge is -2.20. The molecule has 0 amide bonds. The van der Waals surface area contributed by atoms with Crippen molar-refractivity contribution in [1.82, 2.24) is 9.97 Å². The average Bonchev–Trinajstić information content (AvgIpc) is 2.83. The molecule has 0 saturated carbocycles. The first-order valence-electron chi connectivity index (χ1n) is 6.89. The molecule has 0 radical (unpaired) electrons. The summed E-state index contributed by atoms with van der Waals surface area (Å²) >= 11 is 6.03. The first-order chi connectivity index (χ1) is 9.56. The van der Waals surface area contributed by atoms with E-state index in [2.05, 4.69) is 23.8 Å². The molecule has 1 aliphatic heterocycles. The van der Waals surface area contributed by atoms with Crippen molar-refractivity contribution in [3.05, 3.63) is 29.2 Å². The lowest BCUT2D eigenvalue weighted by Crippen LogP contribution is -2.21. The van der Waals surface area contributed by atoms with Gasteiger partial charge in [0.15, 0.2) is 0 Å². The van der Waals surface area contributed by atoms with Crippen LogP contribution in [0.15, 0.2) is 18.5 Å². The van der Waals surface area contributed by atoms with Gasteiger partial charge in [0, 0.05) is 24.3 Å². The van der Waals surface area contributed by atoms with E-state index in [4.69, 9.17) is 11.6 Å². The quantitative estimate of drug-likeness (QED) is 0.785. The summed E-state index contributed by atoms with van der Waals surface area (Å²) in [6.07, 6.45) is 3.43. The lowest BCUT2D eigenvalue weighted by atomic mass is 9.99. The van der Waals surface area contributed by atoms with Gasteiger partial charge < -0.3 is 4.90 Å². The second-order valence-corrected chi connectivity index (χ2v) is 5.96. The molecular weight excluding hydrogens is 277 g/mol. The van der Waals surface area contributed by atoms with Crippen LogP contribution in [0.4, 0.5) is 10.2 Å². The zero-order valence-electron chi connectivity index (χ0n) is 11.6. The van der Waals surface area contributed by atoms with Crippen LogP contribution in [0.3, 0.4) is 0 Å². The van der Waals surface area contributed by atoms with Gasteiger partial charge in [-0.3, -0.25) is 0 Å². The molecule has 0 aromatic carbocycles. The highest BCUT2D eigenvalue weighted by molar-refractivity contribution is 6.30. The van der Waals surface area contributed by atoms with Crippen LogP contribution in [0.1, 0.15) is 31.7 Å². The number of aromatic nitrogens is 2. The third-order valence-corrected chi connectivity index (χ3v) is 4.01. The van der Waals surface area contributed by atoms with Crippen molar-refractivity contribution in [3.8, 4) is 0 Å². The molecule has 106 valence electrons. The molecule has 3 nitrogen and oxygen atoms in total. The van der Waals surface area contributed by atoms with Crippen molar-refractivity contribution in [3.63, 3.8) is 0 Å². The van der Waals surface area contributed by atoms with E-state index in [1.165, 1.54) is 0 Å². The summed E-state index contributed by atoms with van der Waals surface area (Å²) in [5.74, 6) is 1.17. The minimum absolute atomic E-state index is 0.352. The van der Waals surface area contributed by atoms with E-state index in [1.54, 1.807) is 6.20 Å². The molecule has 0 aliphatic carbocycles. The Morgan fingerprint density at radius 1 is 1.30 bits per heavy atom. The molecule has 2 aromatic heterocycles. The minimum Gasteiger partial charge on any atom is -0.353 e. The largest absolute Gasteiger partial charge is 0.353 e. The Labute approximate surface area is 122 Å². The monoisotopic (exact) mass is 293 g/mol. The standard InChI is InChI=1S/C15H17ClFN3/c1-9(2)12-6-19-15(20-4-3-10(17)8-20)13-7-18-14(16)5-11(12)13/h5-7,9-10H,3-4,8H2,1-2H3. The highest BCUT2D eigenvalue weighted by atomic mass is 35.5. The van der Waals surface area contributed by atoms with Gasteiger partial charge in [0.25, 0.3) is 0 Å². The van der Waals surface area contributed by atoms with Crippen molar-refractivity contribution in [2.45, 2.75) is 32.4 Å². The average molecular weight is 294 g/mol. The minimum atomic E-state index is -0.767. The van der Waals surface area contributed by atoms with E-state index < -0.39 is 6.17 Å². The van der Waals surface area contributed by atoms with Crippen molar-refractivity contribution in [2.24, 2.45) is 0 Å². The topological polar surface area (TPSA) is 29.0 Å². The smallest absolute Gasteiger partial charge is 0.138 e. The zero-order valence-corrected chi connectivity index (χ0v) is 12.4. The summed E-state index contributed by atoms with van der Waals surface area (Å²) in [4.78, 5) is 10.7. The third-order valence-electron chi connectivity index (χ3n) is 3.80. The summed E-state index contributed by atoms with van der Waals surface area (Å²) in [5.41, 5.74) is 1.14. The van der Waals surface area contributed by atoms with Crippen LogP contribution in [-0.2, 0) is 0 Å². The van der Waals surface area contributed by atoms with Gasteiger partial charge in [-0.1, -0.05) is 25.4 Å². The molecule has 2 aromatic rings. The molecule has 0 bridgehead atoms. The number of rotatable bonds is 2. The Kier molecular flexibility index (Phi) is 3.50. The Balaban J connectivity index is 2.17. The Morgan fingerprint density at radius 3 is 2.75 bits per heavy atom. The van der Waals surface area contributed by atoms with Gasteiger partial charge in [0.1, 0.15) is 17.1 Å². The van der Waals surface area contributed by atoms with E-state index in [9.17, 15) is 4.39 Å². The number of nitrogens with zero attached hydrogens (tertiary/aromatic N) is 3. The number of hydrogen-bond donors (Lipinski definition) is 0. The number of hydrogen-bond acceptors (Lipinski definition) is 3. The van der Waals surface area contributed by atoms with Gasteiger partial charge in [0.2, 0.25) is 0 Å². The van der Waals surface area contributed by atoms with Gasteiger partial charge >= 0.3 is 0 Å². The van der Waals surface area contributed by atoms with Crippen LogP contribution < -0.4 is 4.90 Å². The third kappa shape index (κ3) is 2.33.